The van der Waals surface area contributed by atoms with Crippen LogP contribution in [0.1, 0.15) is 303 Å². The molecule has 6 N–H and O–H groups in total. The number of pyridine rings is 3. The Morgan fingerprint density at radius 1 is 0.390 bits per heavy atom. The highest BCUT2D eigenvalue weighted by molar-refractivity contribution is 5.96. The molecular weight excluding hydrogens is 1540 g/mol. The molecule has 25 heteroatoms. The Morgan fingerprint density at radius 2 is 0.699 bits per heavy atom. The Labute approximate surface area is 721 Å². The van der Waals surface area contributed by atoms with Crippen molar-refractivity contribution in [3.05, 3.63) is 213 Å². The monoisotopic (exact) mass is 1670 g/mol. The van der Waals surface area contributed by atoms with E-state index in [1.807, 2.05) is 136 Å². The van der Waals surface area contributed by atoms with E-state index in [1.54, 1.807) is 12.1 Å². The summed E-state index contributed by atoms with van der Waals surface area (Å²) in [6.07, 6.45) is 34.7. The molecule has 3 amide bonds. The van der Waals surface area contributed by atoms with E-state index in [-0.39, 0.29) is 60.0 Å². The summed E-state index contributed by atoms with van der Waals surface area (Å²) >= 11 is 0. The summed E-state index contributed by atoms with van der Waals surface area (Å²) in [7, 11) is 0. The fourth-order valence-corrected chi connectivity index (χ4v) is 20.5. The Morgan fingerprint density at radius 3 is 1.03 bits per heavy atom. The number of halogens is 1. The maximum atomic E-state index is 13.4. The first-order valence-corrected chi connectivity index (χ1v) is 45.5. The van der Waals surface area contributed by atoms with Crippen molar-refractivity contribution in [2.45, 2.75) is 269 Å². The lowest BCUT2D eigenvalue weighted by molar-refractivity contribution is 0.0705. The lowest BCUT2D eigenvalue weighted by atomic mass is 9.89. The number of amides is 3. The van der Waals surface area contributed by atoms with Crippen molar-refractivity contribution in [1.29, 1.82) is 0 Å². The normalized spacial score (nSPS) is 21.4. The first kappa shape index (κ1) is 85.9. The van der Waals surface area contributed by atoms with E-state index in [2.05, 4.69) is 82.3 Å². The van der Waals surface area contributed by atoms with Crippen LogP contribution >= 0.6 is 0 Å². The third-order valence-corrected chi connectivity index (χ3v) is 27.3. The largest absolute Gasteiger partial charge is 0.393 e. The molecule has 0 bridgehead atoms. The van der Waals surface area contributed by atoms with Crippen LogP contribution in [0.2, 0.25) is 0 Å². The van der Waals surface area contributed by atoms with Gasteiger partial charge in [-0.05, 0) is 284 Å². The van der Waals surface area contributed by atoms with Crippen molar-refractivity contribution < 1.29 is 34.1 Å². The van der Waals surface area contributed by atoms with Gasteiger partial charge in [0.25, 0.3) is 17.7 Å². The Hall–Kier alpha value is -10.6. The Balaban J connectivity index is 0.000000137. The Kier molecular flexibility index (Phi) is 27.0. The molecule has 4 aliphatic carbocycles. The molecule has 4 saturated carbocycles. The molecule has 7 fully saturated rings. The van der Waals surface area contributed by atoms with Crippen LogP contribution < -0.4 is 16.0 Å². The Bertz CT molecular complexity index is 5420. The number of rotatable bonds is 18. The molecule has 7 aliphatic rings. The van der Waals surface area contributed by atoms with Crippen LogP contribution in [0.3, 0.4) is 0 Å². The number of benzene rings is 2. The van der Waals surface area contributed by atoms with Crippen molar-refractivity contribution in [1.82, 2.24) is 73.3 Å². The quantitative estimate of drug-likeness (QED) is 0.0465. The molecule has 9 aromatic heterocycles. The zero-order chi connectivity index (χ0) is 85.5. The van der Waals surface area contributed by atoms with E-state index in [1.165, 1.54) is 66.5 Å². The number of nitrogens with zero attached hydrogens (tertiary/aromatic N) is 15. The second kappa shape index (κ2) is 38.6. The summed E-state index contributed by atoms with van der Waals surface area (Å²) in [6.45, 7) is 21.0. The molecule has 11 aromatic rings. The van der Waals surface area contributed by atoms with Crippen LogP contribution in [0.5, 0.6) is 0 Å². The summed E-state index contributed by atoms with van der Waals surface area (Å²) in [5.41, 5.74) is 16.2. The number of carbonyl (C=O) groups is 3. The third-order valence-electron chi connectivity index (χ3n) is 27.3. The maximum Gasteiger partial charge on any atom is 0.253 e. The van der Waals surface area contributed by atoms with E-state index in [4.69, 9.17) is 29.9 Å². The molecular formula is C98H123FN18O6. The minimum atomic E-state index is -0.260. The standard InChI is InChI=1S/C33H39FN6O2.C33H40N6O2.C32H44N6O2/c1-20-16-25(17-21(2)36-20)32(42)39-14-12-24(13-15-39)30-19-40(27-8-10-28(41)11-9-27)31-29(30)18-35-33(38-31)37-22(3)23-4-6-26(34)7-5-23;1-21-17-26(18-22(2)35-21)32(41)38-15-13-25(14-16-38)30-20-39(27-9-11-28(40)12-10-27)31-29(30)19-34-33(37-31)36-23(3)24-7-5-4-6-8-24;1-21-16-25(17-22(2)35-21)31(40)37-14-12-24(13-15-37)29-20-38(26-8-10-27(39)11-9-26)30-28(29)19-34-32(36-30)33-18-23-6-4-3-5-7-23/h4-7,16-19,22,24,27-28,41H,8-15H2,1-3H3,(H,35,37,38);4-8,17-20,23,25,27-28,40H,9-16H2,1-3H3,(H,34,36,37);16-17,19-20,23-24,26-27,39H,3-15,18H2,1-2H3,(H,33,34,36)/t22-,27?,28?;23-,27?,28?;/m00./s1. The summed E-state index contributed by atoms with van der Waals surface area (Å²) in [6, 6.07) is 29.0. The lowest BCUT2D eigenvalue weighted by Crippen LogP contribution is -2.38. The van der Waals surface area contributed by atoms with Crippen LogP contribution in [0, 0.1) is 53.3 Å². The predicted molar refractivity (Wildman–Crippen MR) is 480 cm³/mol. The number of fused-ring (bicyclic) bond motifs is 3. The van der Waals surface area contributed by atoms with Gasteiger partial charge < -0.3 is 59.7 Å². The van der Waals surface area contributed by atoms with Gasteiger partial charge in [-0.3, -0.25) is 29.3 Å². The number of piperidine rings is 3. The second-order valence-corrected chi connectivity index (χ2v) is 36.3. The average molecular weight is 1670 g/mol. The van der Waals surface area contributed by atoms with Crippen molar-refractivity contribution in [2.24, 2.45) is 5.92 Å². The number of aryl methyl sites for hydroxylation is 6. The van der Waals surface area contributed by atoms with Crippen LogP contribution in [-0.4, -0.2) is 170 Å². The van der Waals surface area contributed by atoms with Crippen molar-refractivity contribution in [2.75, 3.05) is 61.8 Å². The molecule has 24 nitrogen and oxygen atoms in total. The average Bonchev–Trinajstić information content (AvgIpc) is 1.62. The summed E-state index contributed by atoms with van der Waals surface area (Å²) < 4.78 is 20.5. The number of hydrogen-bond donors (Lipinski definition) is 6. The predicted octanol–water partition coefficient (Wildman–Crippen LogP) is 18.3. The highest BCUT2D eigenvalue weighted by Gasteiger charge is 2.36. The van der Waals surface area contributed by atoms with Crippen molar-refractivity contribution in [3.8, 4) is 0 Å². The number of aliphatic hydroxyl groups is 3. The highest BCUT2D eigenvalue weighted by Crippen LogP contribution is 2.44. The first-order chi connectivity index (χ1) is 59.5. The van der Waals surface area contributed by atoms with E-state index in [0.717, 1.165) is 238 Å². The number of nitrogens with one attached hydrogen (secondary N) is 3. The topological polar surface area (TPSA) is 289 Å². The molecule has 0 radical (unpaired) electrons. The third kappa shape index (κ3) is 20.4. The number of aliphatic hydroxyl groups excluding tert-OH is 3. The molecule has 2 atom stereocenters. The first-order valence-electron chi connectivity index (χ1n) is 45.5. The van der Waals surface area contributed by atoms with Crippen LogP contribution in [-0.2, 0) is 0 Å². The maximum absolute atomic E-state index is 13.4. The smallest absolute Gasteiger partial charge is 0.253 e. The highest BCUT2D eigenvalue weighted by atomic mass is 19.1. The SMILES string of the molecule is Cc1cc(C(=O)N2CCC(c3cn(C4CCC(O)CC4)c4nc(NCC5CCCCC5)ncc34)CC2)cc(C)n1.Cc1cc(C(=O)N2CCC(c3cn(C4CCC(O)CC4)c4nc(N[C@@H](C)c5ccc(F)cc5)ncc34)CC2)cc(C)n1.Cc1cc(C(=O)N2CCC(c3cn(C4CCC(O)CC4)c4nc(N[C@@H](C)c5ccccc5)ncc34)CC2)cc(C)n1. The van der Waals surface area contributed by atoms with Crippen LogP contribution in [0.4, 0.5) is 22.2 Å². The molecule has 3 saturated heterocycles. The zero-order valence-corrected chi connectivity index (χ0v) is 72.9. The molecule has 123 heavy (non-hydrogen) atoms. The number of carbonyl (C=O) groups excluding carboxylic acids is 3. The molecule has 0 spiro atoms. The molecule has 2 aromatic carbocycles. The van der Waals surface area contributed by atoms with E-state index >= 15 is 0 Å². The fraction of sp³-hybridized carbons (Fsp3) is 0.510. The van der Waals surface area contributed by atoms with E-state index < -0.39 is 0 Å². The molecule has 18 rings (SSSR count). The zero-order valence-electron chi connectivity index (χ0n) is 72.9. The molecule has 648 valence electrons. The second-order valence-electron chi connectivity index (χ2n) is 36.3. The van der Waals surface area contributed by atoms with Crippen molar-refractivity contribution >= 4 is 68.7 Å². The van der Waals surface area contributed by atoms with Crippen molar-refractivity contribution in [3.63, 3.8) is 0 Å². The number of hydrogen-bond acceptors (Lipinski definition) is 18. The lowest BCUT2D eigenvalue weighted by Gasteiger charge is -2.32. The van der Waals surface area contributed by atoms with Gasteiger partial charge in [0.2, 0.25) is 17.8 Å². The molecule has 3 aliphatic heterocycles. The molecule has 12 heterocycles. The van der Waals surface area contributed by atoms with Gasteiger partial charge in [-0.15, -0.1) is 0 Å². The van der Waals surface area contributed by atoms with Crippen LogP contribution in [0.15, 0.2) is 128 Å². The summed E-state index contributed by atoms with van der Waals surface area (Å²) in [5, 5.41) is 44.1. The van der Waals surface area contributed by atoms with E-state index in [0.29, 0.717) is 66.3 Å². The summed E-state index contributed by atoms with van der Waals surface area (Å²) in [4.78, 5) is 88.3. The summed E-state index contributed by atoms with van der Waals surface area (Å²) in [5.74, 6) is 3.60. The van der Waals surface area contributed by atoms with Gasteiger partial charge >= 0.3 is 0 Å². The minimum absolute atomic E-state index is 0.0690. The van der Waals surface area contributed by atoms with E-state index in [9.17, 15) is 34.1 Å². The number of likely N-dealkylation sites (tertiary alicyclic amines) is 3. The number of aromatic nitrogens is 12. The number of anilines is 3. The van der Waals surface area contributed by atoms with Gasteiger partial charge in [0.15, 0.2) is 0 Å². The minimum Gasteiger partial charge on any atom is -0.393 e. The van der Waals surface area contributed by atoms with Gasteiger partial charge in [-0.1, -0.05) is 61.7 Å². The molecule has 0 unspecified atom stereocenters. The van der Waals surface area contributed by atoms with Gasteiger partial charge in [0, 0.05) is 168 Å². The fourth-order valence-electron chi connectivity index (χ4n) is 20.5. The van der Waals surface area contributed by atoms with Gasteiger partial charge in [-0.2, -0.15) is 15.0 Å². The van der Waals surface area contributed by atoms with Gasteiger partial charge in [0.1, 0.15) is 22.8 Å². The van der Waals surface area contributed by atoms with Crippen LogP contribution in [0.25, 0.3) is 33.1 Å². The van der Waals surface area contributed by atoms with Gasteiger partial charge in [0.05, 0.1) is 30.4 Å². The van der Waals surface area contributed by atoms with Gasteiger partial charge in [-0.25, -0.2) is 19.3 Å².